The molecule has 1 saturated heterocycles. The van der Waals surface area contributed by atoms with E-state index in [1.807, 2.05) is 18.7 Å². The summed E-state index contributed by atoms with van der Waals surface area (Å²) in [5.74, 6) is -0.0725. The smallest absolute Gasteiger partial charge is 0.226 e. The summed E-state index contributed by atoms with van der Waals surface area (Å²) in [5.41, 5.74) is 1.03. The third kappa shape index (κ3) is 3.79. The molecule has 1 aromatic heterocycles. The van der Waals surface area contributed by atoms with Gasteiger partial charge >= 0.3 is 0 Å². The number of hydrogen-bond acceptors (Lipinski definition) is 4. The van der Waals surface area contributed by atoms with Gasteiger partial charge in [0.05, 0.1) is 12.2 Å². The first-order valence-electron chi connectivity index (χ1n) is 9.05. The molecular formula is C18H27N3O2S. The number of aryl methyl sites for hydroxylation is 2. The van der Waals surface area contributed by atoms with Crippen LogP contribution in [0.4, 0.5) is 0 Å². The zero-order valence-corrected chi connectivity index (χ0v) is 15.5. The van der Waals surface area contributed by atoms with Crippen molar-refractivity contribution in [1.82, 2.24) is 15.2 Å². The van der Waals surface area contributed by atoms with Crippen LogP contribution in [0.1, 0.15) is 54.1 Å². The second kappa shape index (κ2) is 7.64. The molecule has 1 aliphatic heterocycles. The Morgan fingerprint density at radius 1 is 1.12 bits per heavy atom. The molecule has 5 nitrogen and oxygen atoms in total. The Hall–Kier alpha value is -1.43. The fourth-order valence-corrected chi connectivity index (χ4v) is 4.69. The monoisotopic (exact) mass is 349 g/mol. The molecule has 0 aromatic carbocycles. The lowest BCUT2D eigenvalue weighted by Gasteiger charge is -2.32. The van der Waals surface area contributed by atoms with Gasteiger partial charge in [0, 0.05) is 29.8 Å². The minimum Gasteiger partial charge on any atom is -0.349 e. The van der Waals surface area contributed by atoms with Gasteiger partial charge in [-0.05, 0) is 39.5 Å². The maximum absolute atomic E-state index is 12.8. The summed E-state index contributed by atoms with van der Waals surface area (Å²) in [5, 5.41) is 3.96. The zero-order valence-electron chi connectivity index (χ0n) is 14.6. The molecule has 0 spiro atoms. The molecular weight excluding hydrogens is 322 g/mol. The molecule has 2 amide bonds. The lowest BCUT2D eigenvalue weighted by atomic mass is 9.78. The molecule has 0 bridgehead atoms. The highest BCUT2D eigenvalue weighted by Gasteiger charge is 2.38. The number of nitrogens with one attached hydrogen (secondary N) is 1. The molecule has 2 fully saturated rings. The van der Waals surface area contributed by atoms with Crippen LogP contribution in [0, 0.1) is 25.7 Å². The molecule has 3 rings (SSSR count). The molecule has 6 heteroatoms. The summed E-state index contributed by atoms with van der Waals surface area (Å²) in [6.45, 7) is 6.23. The quantitative estimate of drug-likeness (QED) is 0.909. The highest BCUT2D eigenvalue weighted by atomic mass is 32.1. The van der Waals surface area contributed by atoms with Gasteiger partial charge in [0.25, 0.3) is 0 Å². The summed E-state index contributed by atoms with van der Waals surface area (Å²) in [6.07, 6.45) is 5.96. The van der Waals surface area contributed by atoms with E-state index in [2.05, 4.69) is 10.3 Å². The van der Waals surface area contributed by atoms with Crippen molar-refractivity contribution in [2.45, 2.75) is 58.9 Å². The largest absolute Gasteiger partial charge is 0.349 e. The van der Waals surface area contributed by atoms with Crippen LogP contribution in [0.2, 0.25) is 0 Å². The van der Waals surface area contributed by atoms with Gasteiger partial charge in [-0.3, -0.25) is 9.59 Å². The standard InChI is InChI=1S/C18H27N3O2S/c1-12-13(2)24-16(20-12)11-19-17(22)14-7-3-4-8-15(14)18(23)21-9-5-6-10-21/h14-15H,3-11H2,1-2H3,(H,19,22)/t14-,15+/m0/s1. The van der Waals surface area contributed by atoms with Crippen molar-refractivity contribution in [2.24, 2.45) is 11.8 Å². The minimum absolute atomic E-state index is 0.0257. The number of rotatable bonds is 4. The first-order chi connectivity index (χ1) is 11.6. The summed E-state index contributed by atoms with van der Waals surface area (Å²) >= 11 is 1.63. The Kier molecular flexibility index (Phi) is 5.54. The molecule has 2 aliphatic rings. The fraction of sp³-hybridized carbons (Fsp3) is 0.722. The number of carbonyl (C=O) groups is 2. The Morgan fingerprint density at radius 3 is 2.42 bits per heavy atom. The Labute approximate surface area is 147 Å². The second-order valence-corrected chi connectivity index (χ2v) is 8.28. The van der Waals surface area contributed by atoms with Crippen LogP contribution >= 0.6 is 11.3 Å². The van der Waals surface area contributed by atoms with Gasteiger partial charge in [-0.2, -0.15) is 0 Å². The second-order valence-electron chi connectivity index (χ2n) is 7.00. The number of nitrogens with zero attached hydrogens (tertiary/aromatic N) is 2. The average molecular weight is 350 g/mol. The van der Waals surface area contributed by atoms with Crippen molar-refractivity contribution < 1.29 is 9.59 Å². The minimum atomic E-state index is -0.172. The average Bonchev–Trinajstić information content (AvgIpc) is 3.22. The highest BCUT2D eigenvalue weighted by Crippen LogP contribution is 2.32. The number of hydrogen-bond donors (Lipinski definition) is 1. The molecule has 0 radical (unpaired) electrons. The third-order valence-electron chi connectivity index (χ3n) is 5.32. The highest BCUT2D eigenvalue weighted by molar-refractivity contribution is 7.11. The van der Waals surface area contributed by atoms with E-state index in [-0.39, 0.29) is 23.7 Å². The fourth-order valence-electron chi connectivity index (χ4n) is 3.82. The predicted molar refractivity (Wildman–Crippen MR) is 94.7 cm³/mol. The first-order valence-corrected chi connectivity index (χ1v) is 9.87. The summed E-state index contributed by atoms with van der Waals surface area (Å²) in [7, 11) is 0. The number of thiazole rings is 1. The number of likely N-dealkylation sites (tertiary alicyclic amines) is 1. The zero-order chi connectivity index (χ0) is 17.1. The van der Waals surface area contributed by atoms with Gasteiger partial charge in [-0.15, -0.1) is 11.3 Å². The van der Waals surface area contributed by atoms with E-state index in [0.29, 0.717) is 6.54 Å². The van der Waals surface area contributed by atoms with Crippen LogP contribution in [0.15, 0.2) is 0 Å². The maximum Gasteiger partial charge on any atom is 0.226 e. The SMILES string of the molecule is Cc1nc(CNC(=O)[C@H]2CCCC[C@H]2C(=O)N2CCCC2)sc1C. The summed E-state index contributed by atoms with van der Waals surface area (Å²) in [6, 6.07) is 0. The van der Waals surface area contributed by atoms with E-state index in [1.165, 1.54) is 4.88 Å². The van der Waals surface area contributed by atoms with Crippen LogP contribution in [-0.4, -0.2) is 34.8 Å². The van der Waals surface area contributed by atoms with Crippen molar-refractivity contribution in [3.63, 3.8) is 0 Å². The molecule has 2 heterocycles. The number of amides is 2. The Bertz CT molecular complexity index is 588. The van der Waals surface area contributed by atoms with Crippen LogP contribution in [-0.2, 0) is 16.1 Å². The van der Waals surface area contributed by atoms with E-state index in [4.69, 9.17) is 0 Å². The van der Waals surface area contributed by atoms with Gasteiger partial charge in [0.15, 0.2) is 0 Å². The molecule has 1 aliphatic carbocycles. The van der Waals surface area contributed by atoms with Crippen molar-refractivity contribution in [3.05, 3.63) is 15.6 Å². The van der Waals surface area contributed by atoms with E-state index in [1.54, 1.807) is 11.3 Å². The van der Waals surface area contributed by atoms with E-state index in [0.717, 1.165) is 62.3 Å². The number of carbonyl (C=O) groups excluding carboxylic acids is 2. The molecule has 24 heavy (non-hydrogen) atoms. The lowest BCUT2D eigenvalue weighted by Crippen LogP contribution is -2.44. The normalized spacial score (nSPS) is 24.2. The summed E-state index contributed by atoms with van der Waals surface area (Å²) in [4.78, 5) is 33.1. The topological polar surface area (TPSA) is 62.3 Å². The van der Waals surface area contributed by atoms with Gasteiger partial charge < -0.3 is 10.2 Å². The molecule has 1 aromatic rings. The molecule has 2 atom stereocenters. The van der Waals surface area contributed by atoms with Crippen LogP contribution < -0.4 is 5.32 Å². The van der Waals surface area contributed by atoms with Gasteiger partial charge in [-0.25, -0.2) is 4.98 Å². The van der Waals surface area contributed by atoms with Crippen molar-refractivity contribution in [2.75, 3.05) is 13.1 Å². The van der Waals surface area contributed by atoms with Gasteiger partial charge in [-0.1, -0.05) is 12.8 Å². The van der Waals surface area contributed by atoms with Crippen molar-refractivity contribution >= 4 is 23.2 Å². The van der Waals surface area contributed by atoms with E-state index < -0.39 is 0 Å². The molecule has 1 saturated carbocycles. The van der Waals surface area contributed by atoms with Crippen molar-refractivity contribution in [1.29, 1.82) is 0 Å². The Balaban J connectivity index is 1.61. The van der Waals surface area contributed by atoms with Gasteiger partial charge in [0.2, 0.25) is 11.8 Å². The van der Waals surface area contributed by atoms with E-state index >= 15 is 0 Å². The number of aromatic nitrogens is 1. The Morgan fingerprint density at radius 2 is 1.79 bits per heavy atom. The third-order valence-corrected chi connectivity index (χ3v) is 6.40. The van der Waals surface area contributed by atoms with Gasteiger partial charge in [0.1, 0.15) is 5.01 Å². The lowest BCUT2D eigenvalue weighted by molar-refractivity contribution is -0.142. The molecule has 0 unspecified atom stereocenters. The van der Waals surface area contributed by atoms with Crippen LogP contribution in [0.25, 0.3) is 0 Å². The maximum atomic E-state index is 12.8. The molecule has 132 valence electrons. The predicted octanol–water partition coefficient (Wildman–Crippen LogP) is 2.80. The van der Waals surface area contributed by atoms with Crippen molar-refractivity contribution in [3.8, 4) is 0 Å². The molecule has 1 N–H and O–H groups in total. The van der Waals surface area contributed by atoms with E-state index in [9.17, 15) is 9.59 Å². The van der Waals surface area contributed by atoms with Crippen LogP contribution in [0.5, 0.6) is 0 Å². The first kappa shape index (κ1) is 17.4. The summed E-state index contributed by atoms with van der Waals surface area (Å²) < 4.78 is 0. The van der Waals surface area contributed by atoms with Crippen LogP contribution in [0.3, 0.4) is 0 Å².